The second-order valence-electron chi connectivity index (χ2n) is 9.71. The largest absolute Gasteiger partial charge is 0.311 e. The molecule has 1 amide bonds. The first-order valence-corrected chi connectivity index (χ1v) is 12.7. The van der Waals surface area contributed by atoms with Crippen LogP contribution in [0.15, 0.2) is 30.3 Å². The zero-order chi connectivity index (χ0) is 23.3. The Morgan fingerprint density at radius 3 is 2.59 bits per heavy atom. The number of aromatic nitrogens is 3. The van der Waals surface area contributed by atoms with Crippen LogP contribution in [0, 0.1) is 13.8 Å². The quantitative estimate of drug-likeness (QED) is 0.646. The van der Waals surface area contributed by atoms with E-state index in [-0.39, 0.29) is 35.3 Å². The number of amides is 1. The molecule has 0 saturated carbocycles. The first-order valence-electron chi connectivity index (χ1n) is 10.9. The minimum atomic E-state index is -3.08. The van der Waals surface area contributed by atoms with E-state index >= 15 is 0 Å². The molecule has 1 aliphatic rings. The summed E-state index contributed by atoms with van der Waals surface area (Å²) in [6.07, 6.45) is 0.692. The third-order valence-electron chi connectivity index (χ3n) is 6.15. The zero-order valence-electron chi connectivity index (χ0n) is 19.3. The van der Waals surface area contributed by atoms with Crippen LogP contribution in [0.3, 0.4) is 0 Å². The number of hydrogen-bond donors (Lipinski definition) is 1. The van der Waals surface area contributed by atoms with E-state index in [1.165, 1.54) is 0 Å². The van der Waals surface area contributed by atoms with Crippen molar-refractivity contribution in [3.63, 3.8) is 0 Å². The van der Waals surface area contributed by atoms with Gasteiger partial charge in [0.2, 0.25) is 5.91 Å². The minimum absolute atomic E-state index is 0.0495. The molecule has 2 aromatic heterocycles. The van der Waals surface area contributed by atoms with Gasteiger partial charge in [-0.3, -0.25) is 9.78 Å². The average Bonchev–Trinajstić information content (AvgIpc) is 3.28. The lowest BCUT2D eigenvalue weighted by Gasteiger charge is -2.16. The number of rotatable bonds is 4. The van der Waals surface area contributed by atoms with Crippen molar-refractivity contribution in [3.8, 4) is 0 Å². The monoisotopic (exact) mass is 454 g/mol. The number of hydrogen-bond acceptors (Lipinski definition) is 5. The first-order chi connectivity index (χ1) is 14.9. The number of pyridine rings is 1. The van der Waals surface area contributed by atoms with Crippen molar-refractivity contribution < 1.29 is 13.2 Å². The summed E-state index contributed by atoms with van der Waals surface area (Å²) in [4.78, 5) is 17.7. The molecule has 1 N–H and O–H groups in total. The summed E-state index contributed by atoms with van der Waals surface area (Å²) >= 11 is 0. The molecule has 7 nitrogen and oxygen atoms in total. The highest BCUT2D eigenvalue weighted by Gasteiger charge is 2.33. The van der Waals surface area contributed by atoms with Gasteiger partial charge in [0.25, 0.3) is 0 Å². The van der Waals surface area contributed by atoms with Crippen LogP contribution in [0.5, 0.6) is 0 Å². The van der Waals surface area contributed by atoms with E-state index in [0.717, 1.165) is 33.4 Å². The number of aryl methyl sites for hydroxylation is 2. The highest BCUT2D eigenvalue weighted by atomic mass is 32.2. The van der Waals surface area contributed by atoms with E-state index in [4.69, 9.17) is 5.10 Å². The maximum absolute atomic E-state index is 13.1. The molecule has 1 fully saturated rings. The Bertz CT molecular complexity index is 1300. The maximum atomic E-state index is 13.1. The van der Waals surface area contributed by atoms with Gasteiger partial charge in [0, 0.05) is 22.6 Å². The van der Waals surface area contributed by atoms with Gasteiger partial charge in [0.05, 0.1) is 35.2 Å². The molecular formula is C24H30N4O3S. The summed E-state index contributed by atoms with van der Waals surface area (Å²) in [6.45, 7) is 10.1. The molecular weight excluding hydrogens is 424 g/mol. The Labute approximate surface area is 189 Å². The number of para-hydroxylation sites is 1. The van der Waals surface area contributed by atoms with Crippen molar-refractivity contribution >= 4 is 32.5 Å². The second-order valence-corrected chi connectivity index (χ2v) is 11.9. The van der Waals surface area contributed by atoms with Crippen LogP contribution in [0.4, 0.5) is 5.82 Å². The molecule has 3 heterocycles. The molecule has 0 spiro atoms. The standard InChI is InChI=1S/C24H30N4O3S/c1-15-18-8-6-7-9-20(18)25-16(2)19(15)12-23(29)26-22-13-21(24(3,4)5)27-28(22)17-10-11-32(30,31)14-17/h6-9,13,17H,10-12,14H2,1-5H3,(H,26,29). The summed E-state index contributed by atoms with van der Waals surface area (Å²) in [6, 6.07) is 9.51. The maximum Gasteiger partial charge on any atom is 0.230 e. The Hall–Kier alpha value is -2.74. The Morgan fingerprint density at radius 2 is 1.94 bits per heavy atom. The molecule has 0 bridgehead atoms. The fourth-order valence-electron chi connectivity index (χ4n) is 4.28. The van der Waals surface area contributed by atoms with Gasteiger partial charge in [-0.15, -0.1) is 0 Å². The predicted octanol–water partition coefficient (Wildman–Crippen LogP) is 3.89. The molecule has 4 rings (SSSR count). The van der Waals surface area contributed by atoms with Gasteiger partial charge < -0.3 is 5.32 Å². The number of nitrogens with zero attached hydrogens (tertiary/aromatic N) is 3. The highest BCUT2D eigenvalue weighted by Crippen LogP contribution is 2.31. The summed E-state index contributed by atoms with van der Waals surface area (Å²) in [5.74, 6) is 0.576. The van der Waals surface area contributed by atoms with Crippen molar-refractivity contribution in [1.29, 1.82) is 0 Å². The minimum Gasteiger partial charge on any atom is -0.311 e. The van der Waals surface area contributed by atoms with Crippen LogP contribution >= 0.6 is 0 Å². The normalized spacial score (nSPS) is 18.2. The lowest BCUT2D eigenvalue weighted by atomic mass is 9.92. The van der Waals surface area contributed by atoms with E-state index in [2.05, 4.69) is 10.3 Å². The molecule has 1 aromatic carbocycles. The van der Waals surface area contributed by atoms with E-state index < -0.39 is 9.84 Å². The van der Waals surface area contributed by atoms with Crippen molar-refractivity contribution in [1.82, 2.24) is 14.8 Å². The highest BCUT2D eigenvalue weighted by molar-refractivity contribution is 7.91. The van der Waals surface area contributed by atoms with Crippen molar-refractivity contribution in [3.05, 3.63) is 52.8 Å². The lowest BCUT2D eigenvalue weighted by Crippen LogP contribution is -2.21. The van der Waals surface area contributed by atoms with Crippen LogP contribution in [0.2, 0.25) is 0 Å². The molecule has 1 saturated heterocycles. The first kappa shape index (κ1) is 22.5. The fraction of sp³-hybridized carbons (Fsp3) is 0.458. The van der Waals surface area contributed by atoms with Crippen LogP contribution in [-0.4, -0.2) is 40.6 Å². The molecule has 1 atom stereocenters. The molecule has 32 heavy (non-hydrogen) atoms. The number of sulfone groups is 1. The Kier molecular flexibility index (Phi) is 5.61. The van der Waals surface area contributed by atoms with E-state index in [1.54, 1.807) is 4.68 Å². The van der Waals surface area contributed by atoms with Crippen LogP contribution in [-0.2, 0) is 26.5 Å². The number of carbonyl (C=O) groups is 1. The van der Waals surface area contributed by atoms with Crippen LogP contribution in [0.1, 0.15) is 55.7 Å². The van der Waals surface area contributed by atoms with Crippen LogP contribution < -0.4 is 5.32 Å². The number of benzene rings is 1. The third kappa shape index (κ3) is 4.41. The van der Waals surface area contributed by atoms with Gasteiger partial charge in [-0.05, 0) is 37.5 Å². The number of carbonyl (C=O) groups excluding carboxylic acids is 1. The SMILES string of the molecule is Cc1nc2ccccc2c(C)c1CC(=O)Nc1cc(C(C)(C)C)nn1C1CCS(=O)(=O)C1. The summed E-state index contributed by atoms with van der Waals surface area (Å²) < 4.78 is 25.8. The van der Waals surface area contributed by atoms with Crippen LogP contribution in [0.25, 0.3) is 10.9 Å². The topological polar surface area (TPSA) is 93.9 Å². The molecule has 1 unspecified atom stereocenters. The van der Waals surface area contributed by atoms with Gasteiger partial charge in [0.15, 0.2) is 9.84 Å². The third-order valence-corrected chi connectivity index (χ3v) is 7.90. The molecule has 3 aromatic rings. The van der Waals surface area contributed by atoms with E-state index in [0.29, 0.717) is 12.2 Å². The van der Waals surface area contributed by atoms with Crippen molar-refractivity contribution in [2.45, 2.75) is 58.9 Å². The fourth-order valence-corrected chi connectivity index (χ4v) is 5.97. The zero-order valence-corrected chi connectivity index (χ0v) is 20.1. The summed E-state index contributed by atoms with van der Waals surface area (Å²) in [5, 5.41) is 8.73. The van der Waals surface area contributed by atoms with E-state index in [1.807, 2.05) is 65.0 Å². The average molecular weight is 455 g/mol. The second kappa shape index (κ2) is 7.99. The summed E-state index contributed by atoms with van der Waals surface area (Å²) in [5.41, 5.74) is 4.30. The number of anilines is 1. The van der Waals surface area contributed by atoms with Crippen molar-refractivity contribution in [2.75, 3.05) is 16.8 Å². The predicted molar refractivity (Wildman–Crippen MR) is 127 cm³/mol. The molecule has 0 aliphatic carbocycles. The number of nitrogens with one attached hydrogen (secondary N) is 1. The Balaban J connectivity index is 1.64. The molecule has 0 radical (unpaired) electrons. The van der Waals surface area contributed by atoms with E-state index in [9.17, 15) is 13.2 Å². The van der Waals surface area contributed by atoms with Gasteiger partial charge in [-0.2, -0.15) is 5.10 Å². The van der Waals surface area contributed by atoms with Crippen molar-refractivity contribution in [2.24, 2.45) is 0 Å². The molecule has 1 aliphatic heterocycles. The smallest absolute Gasteiger partial charge is 0.230 e. The summed E-state index contributed by atoms with van der Waals surface area (Å²) in [7, 11) is -3.08. The molecule has 170 valence electrons. The van der Waals surface area contributed by atoms with Gasteiger partial charge in [-0.25, -0.2) is 13.1 Å². The number of fused-ring (bicyclic) bond motifs is 1. The molecule has 8 heteroatoms. The van der Waals surface area contributed by atoms with Gasteiger partial charge in [-0.1, -0.05) is 39.0 Å². The lowest BCUT2D eigenvalue weighted by molar-refractivity contribution is -0.115. The van der Waals surface area contributed by atoms with Gasteiger partial charge in [0.1, 0.15) is 5.82 Å². The Morgan fingerprint density at radius 1 is 1.22 bits per heavy atom. The van der Waals surface area contributed by atoms with Gasteiger partial charge >= 0.3 is 0 Å².